The Morgan fingerprint density at radius 1 is 0.882 bits per heavy atom. The zero-order valence-electron chi connectivity index (χ0n) is 9.52. The van der Waals surface area contributed by atoms with E-state index in [0.717, 1.165) is 28.2 Å². The number of hydrogen-bond donors (Lipinski definition) is 0. The van der Waals surface area contributed by atoms with Crippen LogP contribution in [0, 0.1) is 0 Å². The van der Waals surface area contributed by atoms with Gasteiger partial charge in [0.05, 0.1) is 0 Å². The van der Waals surface area contributed by atoms with Gasteiger partial charge < -0.3 is 0 Å². The maximum Gasteiger partial charge on any atom is 0.209 e. The lowest BCUT2D eigenvalue weighted by Crippen LogP contribution is -1.96. The highest BCUT2D eigenvalue weighted by Crippen LogP contribution is 2.18. The molecule has 0 unspecified atom stereocenters. The summed E-state index contributed by atoms with van der Waals surface area (Å²) in [5.41, 5.74) is 0. The van der Waals surface area contributed by atoms with Crippen LogP contribution < -0.4 is 0 Å². The van der Waals surface area contributed by atoms with Gasteiger partial charge in [0.25, 0.3) is 0 Å². The molecule has 2 rings (SSSR count). The van der Waals surface area contributed by atoms with Crippen molar-refractivity contribution in [3.05, 3.63) is 0 Å². The molecule has 10 heteroatoms. The van der Waals surface area contributed by atoms with Crippen molar-refractivity contribution < 1.29 is 0 Å². The van der Waals surface area contributed by atoms with Crippen molar-refractivity contribution in [1.29, 1.82) is 0 Å². The highest BCUT2D eigenvalue weighted by atomic mass is 32.2. The van der Waals surface area contributed by atoms with Crippen LogP contribution in [0.3, 0.4) is 0 Å². The number of hydrogen-bond acceptors (Lipinski definition) is 8. The number of aryl methyl sites for hydroxylation is 2. The molecule has 2 aromatic rings. The van der Waals surface area contributed by atoms with Gasteiger partial charge in [0, 0.05) is 25.6 Å². The van der Waals surface area contributed by atoms with Crippen molar-refractivity contribution in [3.63, 3.8) is 0 Å². The molecule has 0 aliphatic heterocycles. The first kappa shape index (κ1) is 12.3. The Kier molecular flexibility index (Phi) is 4.31. The summed E-state index contributed by atoms with van der Waals surface area (Å²) < 4.78 is 3.34. The fourth-order valence-electron chi connectivity index (χ4n) is 1.07. The van der Waals surface area contributed by atoms with Crippen LogP contribution in [0.1, 0.15) is 6.42 Å². The van der Waals surface area contributed by atoms with E-state index in [9.17, 15) is 0 Å². The summed E-state index contributed by atoms with van der Waals surface area (Å²) in [5.74, 6) is 1.96. The molecule has 0 N–H and O–H groups in total. The highest BCUT2D eigenvalue weighted by Gasteiger charge is 2.04. The topological polar surface area (TPSA) is 87.2 Å². The van der Waals surface area contributed by atoms with E-state index in [0.29, 0.717) is 0 Å². The molecule has 2 aromatic heterocycles. The van der Waals surface area contributed by atoms with E-state index in [1.165, 1.54) is 0 Å². The summed E-state index contributed by atoms with van der Waals surface area (Å²) in [4.78, 5) is 0. The largest absolute Gasteiger partial charge is 0.224 e. The molecule has 0 fully saturated rings. The Bertz CT molecular complexity index is 424. The molecule has 0 aliphatic carbocycles. The fourth-order valence-corrected chi connectivity index (χ4v) is 2.83. The molecule has 2 heterocycles. The summed E-state index contributed by atoms with van der Waals surface area (Å²) in [6.07, 6.45) is 1.05. The normalized spacial score (nSPS) is 10.9. The van der Waals surface area contributed by atoms with Crippen LogP contribution in [0.4, 0.5) is 0 Å². The van der Waals surface area contributed by atoms with E-state index >= 15 is 0 Å². The van der Waals surface area contributed by atoms with E-state index in [4.69, 9.17) is 0 Å². The lowest BCUT2D eigenvalue weighted by Gasteiger charge is -1.99. The van der Waals surface area contributed by atoms with Crippen molar-refractivity contribution in [2.75, 3.05) is 11.5 Å². The van der Waals surface area contributed by atoms with Crippen molar-refractivity contribution in [3.8, 4) is 0 Å². The minimum absolute atomic E-state index is 0.843. The summed E-state index contributed by atoms with van der Waals surface area (Å²) in [7, 11) is 3.67. The van der Waals surface area contributed by atoms with Gasteiger partial charge >= 0.3 is 0 Å². The summed E-state index contributed by atoms with van der Waals surface area (Å²) in [5, 5.41) is 24.2. The maximum absolute atomic E-state index is 3.90. The van der Waals surface area contributed by atoms with E-state index in [1.807, 2.05) is 14.1 Å². The van der Waals surface area contributed by atoms with Crippen molar-refractivity contribution in [2.24, 2.45) is 14.1 Å². The molecule has 92 valence electrons. The molecule has 0 aliphatic rings. The lowest BCUT2D eigenvalue weighted by molar-refractivity contribution is 0.664. The van der Waals surface area contributed by atoms with E-state index in [-0.39, 0.29) is 0 Å². The molecule has 0 radical (unpaired) electrons. The molecule has 0 spiro atoms. The van der Waals surface area contributed by atoms with Gasteiger partial charge in [-0.2, -0.15) is 0 Å². The average Bonchev–Trinajstić information content (AvgIpc) is 2.89. The van der Waals surface area contributed by atoms with Crippen molar-refractivity contribution in [1.82, 2.24) is 40.4 Å². The van der Waals surface area contributed by atoms with Crippen LogP contribution in [0.5, 0.6) is 0 Å². The van der Waals surface area contributed by atoms with Gasteiger partial charge in [0.15, 0.2) is 0 Å². The average molecular weight is 272 g/mol. The quantitative estimate of drug-likeness (QED) is 0.537. The molecule has 0 aromatic carbocycles. The second-order valence-corrected chi connectivity index (χ2v) is 5.34. The Labute approximate surface area is 107 Å². The van der Waals surface area contributed by atoms with Gasteiger partial charge in [0.1, 0.15) is 0 Å². The van der Waals surface area contributed by atoms with Crippen LogP contribution in [-0.4, -0.2) is 51.9 Å². The Hall–Kier alpha value is -1.16. The van der Waals surface area contributed by atoms with Gasteiger partial charge in [-0.25, -0.2) is 9.36 Å². The Morgan fingerprint density at radius 2 is 1.35 bits per heavy atom. The van der Waals surface area contributed by atoms with Gasteiger partial charge in [-0.05, 0) is 27.3 Å². The predicted molar refractivity (Wildman–Crippen MR) is 63.7 cm³/mol. The molecular weight excluding hydrogens is 260 g/mol. The van der Waals surface area contributed by atoms with Crippen molar-refractivity contribution >= 4 is 23.5 Å². The first-order valence-corrected chi connectivity index (χ1v) is 6.95. The first-order chi connectivity index (χ1) is 8.27. The summed E-state index contributed by atoms with van der Waals surface area (Å²) >= 11 is 3.30. The maximum atomic E-state index is 3.90. The standard InChI is InChI=1S/C7H12N8S2/c1-14-6(8-10-12-14)16-4-3-5-17-7-9-11-13-15(7)2/h3-5H2,1-2H3. The minimum Gasteiger partial charge on any atom is -0.224 e. The number of tetrazole rings is 2. The Morgan fingerprint density at radius 3 is 1.71 bits per heavy atom. The lowest BCUT2D eigenvalue weighted by atomic mass is 10.6. The van der Waals surface area contributed by atoms with Gasteiger partial charge in [-0.1, -0.05) is 23.5 Å². The monoisotopic (exact) mass is 272 g/mol. The Balaban J connectivity index is 1.64. The SMILES string of the molecule is Cn1nnnc1SCCCSc1nnnn1C. The van der Waals surface area contributed by atoms with Crippen LogP contribution in [0.2, 0.25) is 0 Å². The number of aromatic nitrogens is 8. The van der Waals surface area contributed by atoms with E-state index in [2.05, 4.69) is 31.1 Å². The highest BCUT2D eigenvalue weighted by molar-refractivity contribution is 8.00. The first-order valence-electron chi connectivity index (χ1n) is 4.97. The third-order valence-corrected chi connectivity index (χ3v) is 4.11. The number of nitrogens with zero attached hydrogens (tertiary/aromatic N) is 8. The van der Waals surface area contributed by atoms with Crippen LogP contribution >= 0.6 is 23.5 Å². The second-order valence-electron chi connectivity index (χ2n) is 3.22. The number of rotatable bonds is 6. The molecule has 0 amide bonds. The van der Waals surface area contributed by atoms with Crippen LogP contribution in [-0.2, 0) is 14.1 Å². The smallest absolute Gasteiger partial charge is 0.209 e. The zero-order chi connectivity index (χ0) is 12.1. The van der Waals surface area contributed by atoms with Crippen molar-refractivity contribution in [2.45, 2.75) is 16.7 Å². The van der Waals surface area contributed by atoms with Crippen LogP contribution in [0.25, 0.3) is 0 Å². The van der Waals surface area contributed by atoms with E-state index < -0.39 is 0 Å². The van der Waals surface area contributed by atoms with Gasteiger partial charge in [0.2, 0.25) is 10.3 Å². The molecule has 8 nitrogen and oxygen atoms in total. The van der Waals surface area contributed by atoms with Gasteiger partial charge in [-0.3, -0.25) is 0 Å². The van der Waals surface area contributed by atoms with Gasteiger partial charge in [-0.15, -0.1) is 10.2 Å². The fraction of sp³-hybridized carbons (Fsp3) is 0.714. The van der Waals surface area contributed by atoms with E-state index in [1.54, 1.807) is 32.9 Å². The molecular formula is C7H12N8S2. The molecule has 0 saturated carbocycles. The molecule has 17 heavy (non-hydrogen) atoms. The third kappa shape index (κ3) is 3.40. The second kappa shape index (κ2) is 5.96. The molecule has 0 atom stereocenters. The molecule has 0 bridgehead atoms. The van der Waals surface area contributed by atoms with Crippen LogP contribution in [0.15, 0.2) is 10.3 Å². The summed E-state index contributed by atoms with van der Waals surface area (Å²) in [6, 6.07) is 0. The zero-order valence-corrected chi connectivity index (χ0v) is 11.1. The minimum atomic E-state index is 0.843. The third-order valence-electron chi connectivity index (χ3n) is 1.91. The summed E-state index contributed by atoms with van der Waals surface area (Å²) in [6.45, 7) is 0. The molecule has 0 saturated heterocycles. The number of thioether (sulfide) groups is 2. The predicted octanol–water partition coefficient (Wildman–Crippen LogP) is 0.00810.